The topological polar surface area (TPSA) is 42.4 Å². The van der Waals surface area contributed by atoms with Crippen LogP contribution in [0.2, 0.25) is 0 Å². The Hall–Kier alpha value is -0.720. The lowest BCUT2D eigenvalue weighted by Crippen LogP contribution is -2.34. The molecule has 0 unspecified atom stereocenters. The lowest BCUT2D eigenvalue weighted by Gasteiger charge is -2.28. The van der Waals surface area contributed by atoms with Gasteiger partial charge in [0.25, 0.3) is 0 Å². The van der Waals surface area contributed by atoms with Crippen molar-refractivity contribution < 1.29 is 14.2 Å². The summed E-state index contributed by atoms with van der Waals surface area (Å²) >= 11 is 4.72. The summed E-state index contributed by atoms with van der Waals surface area (Å²) in [7, 11) is 0. The van der Waals surface area contributed by atoms with Gasteiger partial charge >= 0.3 is 0 Å². The first-order valence-electron chi connectivity index (χ1n) is 6.24. The molecule has 2 atom stereocenters. The van der Waals surface area contributed by atoms with E-state index < -0.39 is 11.9 Å². The summed E-state index contributed by atoms with van der Waals surface area (Å²) in [5.74, 6) is -0.224. The van der Waals surface area contributed by atoms with Crippen molar-refractivity contribution in [3.05, 3.63) is 21.9 Å². The van der Waals surface area contributed by atoms with Crippen molar-refractivity contribution in [1.82, 2.24) is 4.98 Å². The van der Waals surface area contributed by atoms with Gasteiger partial charge in [0.05, 0.1) is 16.3 Å². The Bertz CT molecular complexity index is 604. The van der Waals surface area contributed by atoms with E-state index in [2.05, 4.69) is 20.9 Å². The molecule has 0 bridgehead atoms. The van der Waals surface area contributed by atoms with Gasteiger partial charge in [-0.25, -0.2) is 9.37 Å². The molecule has 19 heavy (non-hydrogen) atoms. The lowest BCUT2D eigenvalue weighted by atomic mass is 9.95. The Morgan fingerprint density at radius 1 is 1.37 bits per heavy atom. The third-order valence-corrected chi connectivity index (χ3v) is 4.83. The Morgan fingerprint density at radius 3 is 2.95 bits per heavy atom. The largest absolute Gasteiger partial charge is 0.485 e. The smallest absolute Gasteiger partial charge is 0.167 e. The lowest BCUT2D eigenvalue weighted by molar-refractivity contribution is 0.00509. The summed E-state index contributed by atoms with van der Waals surface area (Å²) < 4.78 is 21.2. The molecule has 1 fully saturated rings. The first-order valence-corrected chi connectivity index (χ1v) is 7.85. The number of aromatic nitrogens is 1. The second kappa shape index (κ2) is 5.34. The van der Waals surface area contributed by atoms with E-state index in [-0.39, 0.29) is 11.9 Å². The molecule has 1 aliphatic carbocycles. The summed E-state index contributed by atoms with van der Waals surface area (Å²) in [6, 6.07) is 3.04. The molecular weight excluding hydrogens is 333 g/mol. The van der Waals surface area contributed by atoms with E-state index in [9.17, 15) is 9.50 Å². The van der Waals surface area contributed by atoms with Crippen LogP contribution in [0.4, 0.5) is 4.39 Å². The Labute approximate surface area is 122 Å². The fourth-order valence-electron chi connectivity index (χ4n) is 2.37. The van der Waals surface area contributed by atoms with Crippen molar-refractivity contribution >= 4 is 37.5 Å². The second-order valence-electron chi connectivity index (χ2n) is 4.73. The number of thiazole rings is 1. The van der Waals surface area contributed by atoms with E-state index in [1.165, 1.54) is 17.4 Å². The number of nitrogens with zero attached hydrogens (tertiary/aromatic N) is 1. The van der Waals surface area contributed by atoms with Gasteiger partial charge in [-0.2, -0.15) is 0 Å². The summed E-state index contributed by atoms with van der Waals surface area (Å²) in [6.45, 7) is 0. The van der Waals surface area contributed by atoms with Gasteiger partial charge in [-0.05, 0) is 35.2 Å². The van der Waals surface area contributed by atoms with E-state index in [1.807, 2.05) is 0 Å². The minimum absolute atomic E-state index is 0.203. The van der Waals surface area contributed by atoms with E-state index in [0.717, 1.165) is 34.3 Å². The number of aliphatic hydroxyl groups excluding tert-OH is 1. The molecule has 0 spiro atoms. The fourth-order valence-corrected chi connectivity index (χ4v) is 3.78. The zero-order valence-electron chi connectivity index (χ0n) is 10.1. The van der Waals surface area contributed by atoms with Crippen molar-refractivity contribution in [2.45, 2.75) is 37.9 Å². The van der Waals surface area contributed by atoms with Gasteiger partial charge in [0, 0.05) is 12.1 Å². The molecule has 1 saturated carbocycles. The minimum atomic E-state index is -0.503. The monoisotopic (exact) mass is 345 g/mol. The number of aliphatic hydroxyl groups is 1. The maximum absolute atomic E-state index is 14.0. The van der Waals surface area contributed by atoms with Gasteiger partial charge < -0.3 is 9.84 Å². The standard InChI is InChI=1S/C13H13BrFNO2S/c14-13-16-8-5-7(15)11(6-12(8)19-13)18-10-4-2-1-3-9(10)17/h5-6,9-10,17H,1-4H2/t9-,10+/m1/s1. The maximum Gasteiger partial charge on any atom is 0.167 e. The molecule has 1 aromatic heterocycles. The highest BCUT2D eigenvalue weighted by Gasteiger charge is 2.25. The molecule has 6 heteroatoms. The predicted molar refractivity (Wildman–Crippen MR) is 76.2 cm³/mol. The summed E-state index contributed by atoms with van der Waals surface area (Å²) in [5, 5.41) is 9.87. The zero-order chi connectivity index (χ0) is 13.4. The normalized spacial score (nSPS) is 23.7. The van der Waals surface area contributed by atoms with Gasteiger partial charge in [0.1, 0.15) is 6.10 Å². The Balaban J connectivity index is 1.89. The van der Waals surface area contributed by atoms with Crippen LogP contribution in [0.25, 0.3) is 10.2 Å². The quantitative estimate of drug-likeness (QED) is 0.897. The van der Waals surface area contributed by atoms with E-state index >= 15 is 0 Å². The number of benzene rings is 1. The SMILES string of the molecule is O[C@@H]1CCCC[C@@H]1Oc1cc2sc(Br)nc2cc1F. The van der Waals surface area contributed by atoms with Crippen molar-refractivity contribution in [3.8, 4) is 5.75 Å². The summed E-state index contributed by atoms with van der Waals surface area (Å²) in [4.78, 5) is 4.17. The van der Waals surface area contributed by atoms with Crippen molar-refractivity contribution in [1.29, 1.82) is 0 Å². The van der Waals surface area contributed by atoms with E-state index in [0.29, 0.717) is 5.52 Å². The van der Waals surface area contributed by atoms with Crippen LogP contribution >= 0.6 is 27.3 Å². The van der Waals surface area contributed by atoms with Gasteiger partial charge in [-0.3, -0.25) is 0 Å². The van der Waals surface area contributed by atoms with E-state index in [1.54, 1.807) is 6.07 Å². The Kier molecular flexibility index (Phi) is 3.73. The molecule has 1 N–H and O–H groups in total. The molecule has 1 aromatic carbocycles. The fraction of sp³-hybridized carbons (Fsp3) is 0.462. The molecule has 1 heterocycles. The maximum atomic E-state index is 14.0. The molecule has 3 nitrogen and oxygen atoms in total. The van der Waals surface area contributed by atoms with Crippen molar-refractivity contribution in [3.63, 3.8) is 0 Å². The summed E-state index contributed by atoms with van der Waals surface area (Å²) in [5.41, 5.74) is 0.617. The van der Waals surface area contributed by atoms with Crippen LogP contribution in [0.1, 0.15) is 25.7 Å². The molecule has 1 aliphatic rings. The third kappa shape index (κ3) is 2.75. The number of hydrogen-bond donors (Lipinski definition) is 1. The number of halogens is 2. The van der Waals surface area contributed by atoms with Gasteiger partial charge in [0.2, 0.25) is 0 Å². The van der Waals surface area contributed by atoms with E-state index in [4.69, 9.17) is 4.74 Å². The number of rotatable bonds is 2. The Morgan fingerprint density at radius 2 is 2.16 bits per heavy atom. The van der Waals surface area contributed by atoms with Crippen LogP contribution < -0.4 is 4.74 Å². The zero-order valence-corrected chi connectivity index (χ0v) is 12.5. The van der Waals surface area contributed by atoms with Gasteiger partial charge in [-0.15, -0.1) is 11.3 Å². The minimum Gasteiger partial charge on any atom is -0.485 e. The highest BCUT2D eigenvalue weighted by Crippen LogP contribution is 2.33. The molecule has 0 aliphatic heterocycles. The molecule has 0 amide bonds. The average molecular weight is 346 g/mol. The first-order chi connectivity index (χ1) is 9.13. The molecule has 102 valence electrons. The molecular formula is C13H13BrFNO2S. The molecule has 0 radical (unpaired) electrons. The third-order valence-electron chi connectivity index (χ3n) is 3.36. The van der Waals surface area contributed by atoms with Crippen LogP contribution in [0.15, 0.2) is 16.0 Å². The van der Waals surface area contributed by atoms with Gasteiger partial charge in [-0.1, -0.05) is 6.42 Å². The van der Waals surface area contributed by atoms with Crippen molar-refractivity contribution in [2.75, 3.05) is 0 Å². The van der Waals surface area contributed by atoms with Crippen LogP contribution in [0.3, 0.4) is 0 Å². The average Bonchev–Trinajstić information content (AvgIpc) is 2.71. The molecule has 0 saturated heterocycles. The first kappa shape index (κ1) is 13.3. The molecule has 2 aromatic rings. The van der Waals surface area contributed by atoms with Gasteiger partial charge in [0.15, 0.2) is 15.5 Å². The summed E-state index contributed by atoms with van der Waals surface area (Å²) in [6.07, 6.45) is 2.70. The number of fused-ring (bicyclic) bond motifs is 1. The second-order valence-corrected chi connectivity index (χ2v) is 7.03. The van der Waals surface area contributed by atoms with Crippen LogP contribution in [-0.4, -0.2) is 22.3 Å². The number of hydrogen-bond acceptors (Lipinski definition) is 4. The van der Waals surface area contributed by atoms with Crippen LogP contribution in [-0.2, 0) is 0 Å². The highest BCUT2D eigenvalue weighted by molar-refractivity contribution is 9.11. The number of ether oxygens (including phenoxy) is 1. The van der Waals surface area contributed by atoms with Crippen molar-refractivity contribution in [2.24, 2.45) is 0 Å². The van der Waals surface area contributed by atoms with Crippen LogP contribution in [0, 0.1) is 5.82 Å². The van der Waals surface area contributed by atoms with Crippen LogP contribution in [0.5, 0.6) is 5.75 Å². The molecule has 3 rings (SSSR count). The highest BCUT2D eigenvalue weighted by atomic mass is 79.9. The predicted octanol–water partition coefficient (Wildman–Crippen LogP) is 3.88.